The molecule has 0 aliphatic heterocycles. The van der Waals surface area contributed by atoms with E-state index in [0.717, 1.165) is 22.7 Å². The first kappa shape index (κ1) is 14.1. The first-order chi connectivity index (χ1) is 9.74. The fourth-order valence-electron chi connectivity index (χ4n) is 2.01. The molecular formula is C16H19NO3. The molecular weight excluding hydrogens is 254 g/mol. The van der Waals surface area contributed by atoms with Crippen LogP contribution in [0.3, 0.4) is 0 Å². The average Bonchev–Trinajstić information content (AvgIpc) is 2.45. The van der Waals surface area contributed by atoms with Crippen LogP contribution in [0.4, 0.5) is 5.69 Å². The van der Waals surface area contributed by atoms with Crippen LogP contribution in [0.25, 0.3) is 0 Å². The Kier molecular flexibility index (Phi) is 4.71. The second-order valence-electron chi connectivity index (χ2n) is 4.29. The van der Waals surface area contributed by atoms with Crippen molar-refractivity contribution in [1.29, 1.82) is 0 Å². The molecule has 0 saturated heterocycles. The van der Waals surface area contributed by atoms with E-state index in [-0.39, 0.29) is 5.75 Å². The van der Waals surface area contributed by atoms with E-state index < -0.39 is 0 Å². The minimum Gasteiger partial charge on any atom is -0.508 e. The molecule has 20 heavy (non-hydrogen) atoms. The van der Waals surface area contributed by atoms with Crippen LogP contribution in [0.1, 0.15) is 12.5 Å². The Balaban J connectivity index is 2.14. The van der Waals surface area contributed by atoms with Gasteiger partial charge in [-0.15, -0.1) is 0 Å². The topological polar surface area (TPSA) is 50.7 Å². The predicted octanol–water partition coefficient (Wildman–Crippen LogP) is 3.41. The van der Waals surface area contributed by atoms with Crippen molar-refractivity contribution >= 4 is 5.69 Å². The highest BCUT2D eigenvalue weighted by atomic mass is 16.5. The normalized spacial score (nSPS) is 10.1. The number of anilines is 1. The van der Waals surface area contributed by atoms with Crippen molar-refractivity contribution in [3.63, 3.8) is 0 Å². The zero-order chi connectivity index (χ0) is 14.4. The van der Waals surface area contributed by atoms with Crippen molar-refractivity contribution in [2.75, 3.05) is 19.0 Å². The Morgan fingerprint density at radius 1 is 1.15 bits per heavy atom. The molecule has 0 bridgehead atoms. The molecule has 0 heterocycles. The fraction of sp³-hybridized carbons (Fsp3) is 0.250. The fourth-order valence-corrected chi connectivity index (χ4v) is 2.01. The summed E-state index contributed by atoms with van der Waals surface area (Å²) in [5.74, 6) is 1.72. The number of para-hydroxylation sites is 1. The number of ether oxygens (including phenoxy) is 2. The number of hydrogen-bond acceptors (Lipinski definition) is 4. The highest BCUT2D eigenvalue weighted by molar-refractivity contribution is 5.51. The van der Waals surface area contributed by atoms with Crippen LogP contribution in [-0.2, 0) is 6.54 Å². The van der Waals surface area contributed by atoms with Crippen LogP contribution in [0.5, 0.6) is 17.2 Å². The van der Waals surface area contributed by atoms with Gasteiger partial charge in [0.15, 0.2) is 11.5 Å². The van der Waals surface area contributed by atoms with E-state index in [1.165, 1.54) is 0 Å². The summed E-state index contributed by atoms with van der Waals surface area (Å²) in [6, 6.07) is 12.8. The van der Waals surface area contributed by atoms with Gasteiger partial charge in [0, 0.05) is 23.9 Å². The number of rotatable bonds is 6. The first-order valence-corrected chi connectivity index (χ1v) is 6.56. The molecule has 0 spiro atoms. The number of phenolic OH excluding ortho intramolecular Hbond substituents is 1. The summed E-state index contributed by atoms with van der Waals surface area (Å²) in [6.45, 7) is 3.13. The van der Waals surface area contributed by atoms with Crippen LogP contribution in [0.15, 0.2) is 42.5 Å². The number of benzene rings is 2. The number of methoxy groups -OCH3 is 1. The molecule has 0 fully saturated rings. The van der Waals surface area contributed by atoms with Crippen molar-refractivity contribution in [1.82, 2.24) is 0 Å². The Morgan fingerprint density at radius 2 is 1.95 bits per heavy atom. The molecule has 2 aromatic rings. The standard InChI is InChI=1S/C16H19NO3/c1-3-20-15-9-4-6-12(16(15)19-2)11-17-13-7-5-8-14(18)10-13/h4-10,17-18H,3,11H2,1-2H3. The van der Waals surface area contributed by atoms with Gasteiger partial charge in [-0.1, -0.05) is 18.2 Å². The summed E-state index contributed by atoms with van der Waals surface area (Å²) in [7, 11) is 1.63. The van der Waals surface area contributed by atoms with Crippen LogP contribution in [0, 0.1) is 0 Å². The van der Waals surface area contributed by atoms with Crippen molar-refractivity contribution in [3.05, 3.63) is 48.0 Å². The second kappa shape index (κ2) is 6.70. The molecule has 0 amide bonds. The van der Waals surface area contributed by atoms with Gasteiger partial charge in [-0.3, -0.25) is 0 Å². The molecule has 2 rings (SSSR count). The molecule has 106 valence electrons. The SMILES string of the molecule is CCOc1cccc(CNc2cccc(O)c2)c1OC. The number of nitrogens with one attached hydrogen (secondary N) is 1. The van der Waals surface area contributed by atoms with E-state index in [1.54, 1.807) is 25.3 Å². The van der Waals surface area contributed by atoms with E-state index >= 15 is 0 Å². The summed E-state index contributed by atoms with van der Waals surface area (Å²) in [5, 5.41) is 12.7. The largest absolute Gasteiger partial charge is 0.508 e. The molecule has 0 radical (unpaired) electrons. The zero-order valence-electron chi connectivity index (χ0n) is 11.7. The summed E-state index contributed by atoms with van der Waals surface area (Å²) < 4.78 is 11.0. The molecule has 0 aromatic heterocycles. The molecule has 4 heteroatoms. The second-order valence-corrected chi connectivity index (χ2v) is 4.29. The van der Waals surface area contributed by atoms with E-state index in [0.29, 0.717) is 13.2 Å². The lowest BCUT2D eigenvalue weighted by atomic mass is 10.1. The van der Waals surface area contributed by atoms with E-state index in [4.69, 9.17) is 9.47 Å². The summed E-state index contributed by atoms with van der Waals surface area (Å²) in [4.78, 5) is 0. The lowest BCUT2D eigenvalue weighted by Crippen LogP contribution is -2.03. The highest BCUT2D eigenvalue weighted by Gasteiger charge is 2.09. The van der Waals surface area contributed by atoms with Gasteiger partial charge in [0.1, 0.15) is 5.75 Å². The number of aromatic hydroxyl groups is 1. The molecule has 2 N–H and O–H groups in total. The molecule has 2 aromatic carbocycles. The molecule has 0 atom stereocenters. The zero-order valence-corrected chi connectivity index (χ0v) is 11.7. The molecule has 0 aliphatic carbocycles. The Bertz CT molecular complexity index is 569. The molecule has 0 saturated carbocycles. The van der Waals surface area contributed by atoms with Gasteiger partial charge < -0.3 is 19.9 Å². The van der Waals surface area contributed by atoms with Crippen LogP contribution >= 0.6 is 0 Å². The van der Waals surface area contributed by atoms with Crippen LogP contribution < -0.4 is 14.8 Å². The minimum absolute atomic E-state index is 0.241. The number of hydrogen-bond donors (Lipinski definition) is 2. The van der Waals surface area contributed by atoms with Gasteiger partial charge in [-0.05, 0) is 25.1 Å². The smallest absolute Gasteiger partial charge is 0.165 e. The lowest BCUT2D eigenvalue weighted by Gasteiger charge is -2.14. The third kappa shape index (κ3) is 3.35. The van der Waals surface area contributed by atoms with Crippen molar-refractivity contribution in [2.45, 2.75) is 13.5 Å². The van der Waals surface area contributed by atoms with Gasteiger partial charge in [0.2, 0.25) is 0 Å². The van der Waals surface area contributed by atoms with Gasteiger partial charge in [0.05, 0.1) is 13.7 Å². The Hall–Kier alpha value is -2.36. The third-order valence-electron chi connectivity index (χ3n) is 2.89. The quantitative estimate of drug-likeness (QED) is 0.846. The maximum atomic E-state index is 9.44. The average molecular weight is 273 g/mol. The van der Waals surface area contributed by atoms with E-state index in [2.05, 4.69) is 5.32 Å². The maximum Gasteiger partial charge on any atom is 0.165 e. The number of phenols is 1. The minimum atomic E-state index is 0.241. The molecule has 0 unspecified atom stereocenters. The maximum absolute atomic E-state index is 9.44. The van der Waals surface area contributed by atoms with E-state index in [9.17, 15) is 5.11 Å². The van der Waals surface area contributed by atoms with Crippen molar-refractivity contribution in [3.8, 4) is 17.2 Å². The molecule has 0 aliphatic rings. The van der Waals surface area contributed by atoms with Crippen molar-refractivity contribution < 1.29 is 14.6 Å². The Morgan fingerprint density at radius 3 is 2.65 bits per heavy atom. The summed E-state index contributed by atoms with van der Waals surface area (Å²) in [6.07, 6.45) is 0. The Labute approximate surface area is 119 Å². The third-order valence-corrected chi connectivity index (χ3v) is 2.89. The molecule has 4 nitrogen and oxygen atoms in total. The summed E-state index contributed by atoms with van der Waals surface area (Å²) >= 11 is 0. The summed E-state index contributed by atoms with van der Waals surface area (Å²) in [5.41, 5.74) is 1.86. The van der Waals surface area contributed by atoms with Crippen LogP contribution in [0.2, 0.25) is 0 Å². The van der Waals surface area contributed by atoms with Gasteiger partial charge in [-0.25, -0.2) is 0 Å². The van der Waals surface area contributed by atoms with Crippen LogP contribution in [-0.4, -0.2) is 18.8 Å². The van der Waals surface area contributed by atoms with E-state index in [1.807, 2.05) is 31.2 Å². The van der Waals surface area contributed by atoms with Gasteiger partial charge in [0.25, 0.3) is 0 Å². The first-order valence-electron chi connectivity index (χ1n) is 6.56. The van der Waals surface area contributed by atoms with Gasteiger partial charge >= 0.3 is 0 Å². The monoisotopic (exact) mass is 273 g/mol. The highest BCUT2D eigenvalue weighted by Crippen LogP contribution is 2.31. The van der Waals surface area contributed by atoms with Gasteiger partial charge in [-0.2, -0.15) is 0 Å². The predicted molar refractivity (Wildman–Crippen MR) is 79.6 cm³/mol. The van der Waals surface area contributed by atoms with Crippen molar-refractivity contribution in [2.24, 2.45) is 0 Å². The lowest BCUT2D eigenvalue weighted by molar-refractivity contribution is 0.309.